The molecule has 0 aliphatic heterocycles. The quantitative estimate of drug-likeness (QED) is 0.639. The zero-order chi connectivity index (χ0) is 18.4. The van der Waals surface area contributed by atoms with Crippen molar-refractivity contribution in [1.82, 2.24) is 5.16 Å². The lowest BCUT2D eigenvalue weighted by atomic mass is 10.2. The summed E-state index contributed by atoms with van der Waals surface area (Å²) >= 11 is 1.52. The Balaban J connectivity index is 1.57. The molecule has 0 saturated carbocycles. The third-order valence-electron chi connectivity index (χ3n) is 3.79. The molecule has 0 saturated heterocycles. The molecular formula is C20H20N2O3S. The monoisotopic (exact) mass is 368 g/mol. The van der Waals surface area contributed by atoms with Gasteiger partial charge in [-0.2, -0.15) is 0 Å². The van der Waals surface area contributed by atoms with E-state index in [1.165, 1.54) is 11.8 Å². The number of anilines is 1. The van der Waals surface area contributed by atoms with Crippen LogP contribution in [0.4, 0.5) is 5.69 Å². The van der Waals surface area contributed by atoms with Crippen LogP contribution >= 0.6 is 11.8 Å². The third-order valence-corrected chi connectivity index (χ3v) is 4.75. The Morgan fingerprint density at radius 2 is 1.85 bits per heavy atom. The summed E-state index contributed by atoms with van der Waals surface area (Å²) < 4.78 is 11.0. The van der Waals surface area contributed by atoms with Crippen molar-refractivity contribution >= 4 is 23.4 Å². The molecule has 0 radical (unpaired) electrons. The van der Waals surface area contributed by atoms with Crippen LogP contribution in [-0.4, -0.2) is 16.8 Å². The van der Waals surface area contributed by atoms with Gasteiger partial charge in [0.15, 0.2) is 5.75 Å². The zero-order valence-corrected chi connectivity index (χ0v) is 15.5. The third kappa shape index (κ3) is 4.67. The maximum Gasteiger partial charge on any atom is 0.234 e. The maximum absolute atomic E-state index is 12.3. The summed E-state index contributed by atoms with van der Waals surface area (Å²) in [7, 11) is 0. The van der Waals surface area contributed by atoms with Crippen molar-refractivity contribution in [3.05, 3.63) is 71.6 Å². The number of ether oxygens (including phenoxy) is 1. The molecular weight excluding hydrogens is 348 g/mol. The van der Waals surface area contributed by atoms with Gasteiger partial charge in [-0.05, 0) is 38.1 Å². The van der Waals surface area contributed by atoms with Crippen molar-refractivity contribution in [1.29, 1.82) is 0 Å². The molecule has 6 heteroatoms. The van der Waals surface area contributed by atoms with Crippen LogP contribution in [0.5, 0.6) is 11.5 Å². The fraction of sp³-hybridized carbons (Fsp3) is 0.200. The number of amides is 1. The molecule has 5 nitrogen and oxygen atoms in total. The number of rotatable bonds is 7. The average molecular weight is 368 g/mol. The number of aryl methyl sites for hydroxylation is 2. The topological polar surface area (TPSA) is 64.4 Å². The predicted molar refractivity (Wildman–Crippen MR) is 104 cm³/mol. The summed E-state index contributed by atoms with van der Waals surface area (Å²) in [6, 6.07) is 16.9. The second kappa shape index (κ2) is 8.58. The first-order valence-electron chi connectivity index (χ1n) is 8.25. The van der Waals surface area contributed by atoms with Crippen LogP contribution < -0.4 is 10.1 Å². The first-order valence-corrected chi connectivity index (χ1v) is 9.40. The van der Waals surface area contributed by atoms with Crippen LogP contribution in [0.15, 0.2) is 59.1 Å². The van der Waals surface area contributed by atoms with E-state index in [2.05, 4.69) is 10.5 Å². The van der Waals surface area contributed by atoms with Crippen molar-refractivity contribution in [3.8, 4) is 11.5 Å². The second-order valence-electron chi connectivity index (χ2n) is 5.75. The minimum absolute atomic E-state index is 0.0779. The van der Waals surface area contributed by atoms with E-state index < -0.39 is 0 Å². The average Bonchev–Trinajstić information content (AvgIpc) is 2.96. The summed E-state index contributed by atoms with van der Waals surface area (Å²) in [6.45, 7) is 3.79. The van der Waals surface area contributed by atoms with E-state index >= 15 is 0 Å². The minimum Gasteiger partial charge on any atom is -0.455 e. The minimum atomic E-state index is -0.0779. The summed E-state index contributed by atoms with van der Waals surface area (Å²) in [6.07, 6.45) is 0. The summed E-state index contributed by atoms with van der Waals surface area (Å²) in [5, 5.41) is 6.84. The van der Waals surface area contributed by atoms with Gasteiger partial charge in [0, 0.05) is 11.3 Å². The fourth-order valence-electron chi connectivity index (χ4n) is 2.41. The molecule has 1 amide bonds. The van der Waals surface area contributed by atoms with Crippen LogP contribution in [0.3, 0.4) is 0 Å². The van der Waals surface area contributed by atoms with Gasteiger partial charge in [-0.15, -0.1) is 11.8 Å². The van der Waals surface area contributed by atoms with Crippen LogP contribution in [0.1, 0.15) is 17.0 Å². The van der Waals surface area contributed by atoms with Crippen molar-refractivity contribution in [3.63, 3.8) is 0 Å². The van der Waals surface area contributed by atoms with Gasteiger partial charge in [-0.25, -0.2) is 0 Å². The number of hydrogen-bond donors (Lipinski definition) is 1. The molecule has 2 aromatic carbocycles. The normalized spacial score (nSPS) is 10.5. The highest BCUT2D eigenvalue weighted by molar-refractivity contribution is 7.99. The summed E-state index contributed by atoms with van der Waals surface area (Å²) in [5.74, 6) is 3.09. The molecule has 1 heterocycles. The van der Waals surface area contributed by atoms with E-state index in [4.69, 9.17) is 9.26 Å². The van der Waals surface area contributed by atoms with Crippen LogP contribution in [-0.2, 0) is 10.5 Å². The SMILES string of the molecule is Cc1noc(C)c1CSCC(=O)Nc1ccccc1Oc1ccccc1. The number of benzene rings is 2. The summed E-state index contributed by atoms with van der Waals surface area (Å²) in [4.78, 5) is 12.3. The Kier molecular flexibility index (Phi) is 5.96. The van der Waals surface area contributed by atoms with Gasteiger partial charge < -0.3 is 14.6 Å². The summed E-state index contributed by atoms with van der Waals surface area (Å²) in [5.41, 5.74) is 2.58. The molecule has 1 aromatic heterocycles. The molecule has 0 aliphatic carbocycles. The number of nitrogens with one attached hydrogen (secondary N) is 1. The molecule has 0 bridgehead atoms. The van der Waals surface area contributed by atoms with Gasteiger partial charge in [-0.3, -0.25) is 4.79 Å². The van der Waals surface area contributed by atoms with Gasteiger partial charge in [0.25, 0.3) is 0 Å². The van der Waals surface area contributed by atoms with E-state index in [-0.39, 0.29) is 5.91 Å². The van der Waals surface area contributed by atoms with Crippen LogP contribution in [0, 0.1) is 13.8 Å². The second-order valence-corrected chi connectivity index (χ2v) is 6.74. The van der Waals surface area contributed by atoms with Gasteiger partial charge in [0.2, 0.25) is 5.91 Å². The van der Waals surface area contributed by atoms with Crippen molar-refractivity contribution in [2.24, 2.45) is 0 Å². The zero-order valence-electron chi connectivity index (χ0n) is 14.7. The Morgan fingerprint density at radius 3 is 2.58 bits per heavy atom. The first-order chi connectivity index (χ1) is 12.6. The van der Waals surface area contributed by atoms with Gasteiger partial charge in [-0.1, -0.05) is 35.5 Å². The van der Waals surface area contributed by atoms with E-state index in [1.54, 1.807) is 0 Å². The lowest BCUT2D eigenvalue weighted by Gasteiger charge is -2.12. The van der Waals surface area contributed by atoms with Crippen molar-refractivity contribution in [2.75, 3.05) is 11.1 Å². The molecule has 3 aromatic rings. The molecule has 0 aliphatic rings. The molecule has 0 spiro atoms. The molecule has 26 heavy (non-hydrogen) atoms. The predicted octanol–water partition coefficient (Wildman–Crippen LogP) is 4.96. The number of hydrogen-bond acceptors (Lipinski definition) is 5. The van der Waals surface area contributed by atoms with E-state index in [0.29, 0.717) is 22.9 Å². The van der Waals surface area contributed by atoms with Crippen LogP contribution in [0.2, 0.25) is 0 Å². The molecule has 3 rings (SSSR count). The number of carbonyl (C=O) groups is 1. The standard InChI is InChI=1S/C20H20N2O3S/c1-14-17(15(2)25-22-14)12-26-13-20(23)21-18-10-6-7-11-19(18)24-16-8-4-3-5-9-16/h3-11H,12-13H2,1-2H3,(H,21,23). The highest BCUT2D eigenvalue weighted by Gasteiger charge is 2.12. The maximum atomic E-state index is 12.3. The first kappa shape index (κ1) is 18.1. The Bertz CT molecular complexity index is 858. The molecule has 0 fully saturated rings. The lowest BCUT2D eigenvalue weighted by molar-refractivity contribution is -0.113. The number of nitrogens with zero attached hydrogens (tertiary/aromatic N) is 1. The van der Waals surface area contributed by atoms with Crippen LogP contribution in [0.25, 0.3) is 0 Å². The van der Waals surface area contributed by atoms with E-state index in [9.17, 15) is 4.79 Å². The van der Waals surface area contributed by atoms with Gasteiger partial charge >= 0.3 is 0 Å². The number of thioether (sulfide) groups is 1. The largest absolute Gasteiger partial charge is 0.455 e. The smallest absolute Gasteiger partial charge is 0.234 e. The molecule has 1 N–H and O–H groups in total. The Labute approximate surface area is 156 Å². The molecule has 134 valence electrons. The van der Waals surface area contributed by atoms with Gasteiger partial charge in [0.05, 0.1) is 17.1 Å². The van der Waals surface area contributed by atoms with Crippen molar-refractivity contribution < 1.29 is 14.1 Å². The number of para-hydroxylation sites is 3. The van der Waals surface area contributed by atoms with E-state index in [0.717, 1.165) is 22.8 Å². The number of carbonyl (C=O) groups excluding carboxylic acids is 1. The van der Waals surface area contributed by atoms with Gasteiger partial charge in [0.1, 0.15) is 11.5 Å². The molecule has 0 atom stereocenters. The Hall–Kier alpha value is -2.73. The van der Waals surface area contributed by atoms with E-state index in [1.807, 2.05) is 68.4 Å². The number of aromatic nitrogens is 1. The lowest BCUT2D eigenvalue weighted by Crippen LogP contribution is -2.14. The highest BCUT2D eigenvalue weighted by Crippen LogP contribution is 2.29. The molecule has 0 unspecified atom stereocenters. The Morgan fingerprint density at radius 1 is 1.12 bits per heavy atom. The fourth-order valence-corrected chi connectivity index (χ4v) is 3.39. The highest BCUT2D eigenvalue weighted by atomic mass is 32.2. The van der Waals surface area contributed by atoms with Crippen molar-refractivity contribution in [2.45, 2.75) is 19.6 Å².